The van der Waals surface area contributed by atoms with E-state index in [0.29, 0.717) is 0 Å². The highest BCUT2D eigenvalue weighted by molar-refractivity contribution is 7.89. The topological polar surface area (TPSA) is 122 Å². The molecule has 0 saturated carbocycles. The van der Waals surface area contributed by atoms with E-state index in [9.17, 15) is 18.0 Å². The van der Waals surface area contributed by atoms with Crippen LogP contribution < -0.4 is 4.72 Å². The molecule has 112 valence electrons. The first-order valence-corrected chi connectivity index (χ1v) is 7.09. The number of carbonyl (C=O) groups excluding carboxylic acids is 1. The molecular formula is C10H16N4O5S. The summed E-state index contributed by atoms with van der Waals surface area (Å²) in [7, 11) is -0.903. The van der Waals surface area contributed by atoms with E-state index in [1.807, 2.05) is 0 Å². The second-order valence-corrected chi connectivity index (χ2v) is 6.06. The summed E-state index contributed by atoms with van der Waals surface area (Å²) in [6.45, 7) is 0.975. The summed E-state index contributed by atoms with van der Waals surface area (Å²) in [6, 6.07) is -0.933. The number of amides is 1. The molecule has 1 rings (SSSR count). The third kappa shape index (κ3) is 4.03. The van der Waals surface area contributed by atoms with Gasteiger partial charge in [-0.05, 0) is 6.92 Å². The second kappa shape index (κ2) is 6.01. The molecule has 10 heteroatoms. The smallest absolute Gasteiger partial charge is 0.325 e. The van der Waals surface area contributed by atoms with Crippen molar-refractivity contribution in [2.24, 2.45) is 0 Å². The van der Waals surface area contributed by atoms with Gasteiger partial charge in [-0.15, -0.1) is 0 Å². The molecular weight excluding hydrogens is 288 g/mol. The molecule has 0 radical (unpaired) electrons. The van der Waals surface area contributed by atoms with Crippen LogP contribution in [0.25, 0.3) is 0 Å². The van der Waals surface area contributed by atoms with Crippen LogP contribution in [0, 0.1) is 0 Å². The Kier molecular flexibility index (Phi) is 4.84. The number of carboxylic acids is 1. The van der Waals surface area contributed by atoms with Crippen LogP contribution in [0.15, 0.2) is 17.3 Å². The lowest BCUT2D eigenvalue weighted by atomic mass is 10.3. The lowest BCUT2D eigenvalue weighted by molar-refractivity contribution is -0.138. The van der Waals surface area contributed by atoms with Crippen molar-refractivity contribution < 1.29 is 23.1 Å². The number of sulfonamides is 1. The first-order valence-electron chi connectivity index (χ1n) is 5.61. The third-order valence-electron chi connectivity index (χ3n) is 2.36. The predicted molar refractivity (Wildman–Crippen MR) is 68.3 cm³/mol. The summed E-state index contributed by atoms with van der Waals surface area (Å²) in [5, 5.41) is 12.2. The zero-order valence-corrected chi connectivity index (χ0v) is 12.1. The van der Waals surface area contributed by atoms with Crippen molar-refractivity contribution in [1.29, 1.82) is 0 Å². The fourth-order valence-corrected chi connectivity index (χ4v) is 2.60. The van der Waals surface area contributed by atoms with Crippen LogP contribution in [0.1, 0.15) is 6.92 Å². The summed E-state index contributed by atoms with van der Waals surface area (Å²) >= 11 is 0. The normalized spacial score (nSPS) is 12.9. The molecule has 1 aromatic rings. The number of nitrogens with zero attached hydrogens (tertiary/aromatic N) is 3. The van der Waals surface area contributed by atoms with Gasteiger partial charge in [-0.25, -0.2) is 8.42 Å². The number of aromatic nitrogens is 2. The molecule has 9 nitrogen and oxygen atoms in total. The van der Waals surface area contributed by atoms with Gasteiger partial charge in [0.2, 0.25) is 15.9 Å². The Morgan fingerprint density at radius 3 is 2.60 bits per heavy atom. The number of carbonyl (C=O) groups is 2. The highest BCUT2D eigenvalue weighted by Gasteiger charge is 2.24. The lowest BCUT2D eigenvalue weighted by Gasteiger charge is -2.17. The molecule has 1 aromatic heterocycles. The van der Waals surface area contributed by atoms with Gasteiger partial charge in [0, 0.05) is 20.3 Å². The molecule has 0 saturated heterocycles. The van der Waals surface area contributed by atoms with Gasteiger partial charge < -0.3 is 10.0 Å². The first-order chi connectivity index (χ1) is 9.13. The Bertz CT molecular complexity index is 607. The molecule has 0 aliphatic carbocycles. The minimum atomic E-state index is -3.93. The predicted octanol–water partition coefficient (Wildman–Crippen LogP) is -1.28. The van der Waals surface area contributed by atoms with Gasteiger partial charge in [-0.3, -0.25) is 14.3 Å². The molecule has 20 heavy (non-hydrogen) atoms. The fraction of sp³-hybridized carbons (Fsp3) is 0.500. The number of hydrogen-bond donors (Lipinski definition) is 2. The maximum Gasteiger partial charge on any atom is 0.325 e. The van der Waals surface area contributed by atoms with Crippen molar-refractivity contribution in [2.45, 2.75) is 24.4 Å². The minimum Gasteiger partial charge on any atom is -0.480 e. The summed E-state index contributed by atoms with van der Waals surface area (Å²) in [5.74, 6) is -1.53. The van der Waals surface area contributed by atoms with Crippen LogP contribution in [0.5, 0.6) is 0 Å². The molecule has 1 atom stereocenters. The van der Waals surface area contributed by atoms with Crippen LogP contribution in [0.2, 0.25) is 0 Å². The maximum absolute atomic E-state index is 12.0. The average Bonchev–Trinajstić information content (AvgIpc) is 2.75. The zero-order valence-electron chi connectivity index (χ0n) is 11.3. The summed E-state index contributed by atoms with van der Waals surface area (Å²) in [6.07, 6.45) is 2.11. The second-order valence-electron chi connectivity index (χ2n) is 4.34. The lowest BCUT2D eigenvalue weighted by Crippen LogP contribution is -2.44. The standard InChI is InChI=1S/C10H16N4O5S/c1-7(10(17)13(2)3)12-20(18,19)8-4-11-14(5-8)6-9(15)16/h4-5,7,12H,6H2,1-3H3,(H,15,16). The molecule has 0 aliphatic rings. The molecule has 1 heterocycles. The van der Waals surface area contributed by atoms with E-state index in [2.05, 4.69) is 9.82 Å². The molecule has 2 N–H and O–H groups in total. The van der Waals surface area contributed by atoms with Gasteiger partial charge in [-0.2, -0.15) is 9.82 Å². The van der Waals surface area contributed by atoms with Crippen LogP contribution in [-0.4, -0.2) is 60.2 Å². The quantitative estimate of drug-likeness (QED) is 0.675. The van der Waals surface area contributed by atoms with E-state index in [0.717, 1.165) is 17.1 Å². The SMILES string of the molecule is CC(NS(=O)(=O)c1cnn(CC(=O)O)c1)C(=O)N(C)C. The number of nitrogens with one attached hydrogen (secondary N) is 1. The summed E-state index contributed by atoms with van der Waals surface area (Å²) in [4.78, 5) is 23.2. The fourth-order valence-electron chi connectivity index (χ4n) is 1.45. The third-order valence-corrected chi connectivity index (χ3v) is 3.86. The summed E-state index contributed by atoms with van der Waals surface area (Å²) < 4.78 is 27.2. The number of rotatable bonds is 6. The first kappa shape index (κ1) is 16.1. The zero-order chi connectivity index (χ0) is 15.5. The maximum atomic E-state index is 12.0. The number of likely N-dealkylation sites (N-methyl/N-ethyl adjacent to an activating group) is 1. The van der Waals surface area contributed by atoms with Gasteiger partial charge in [0.1, 0.15) is 11.4 Å². The van der Waals surface area contributed by atoms with Crippen molar-refractivity contribution in [3.05, 3.63) is 12.4 Å². The Balaban J connectivity index is 2.86. The van der Waals surface area contributed by atoms with E-state index in [1.54, 1.807) is 0 Å². The van der Waals surface area contributed by atoms with E-state index in [4.69, 9.17) is 5.11 Å². The van der Waals surface area contributed by atoms with Crippen molar-refractivity contribution in [3.63, 3.8) is 0 Å². The highest BCUT2D eigenvalue weighted by atomic mass is 32.2. The van der Waals surface area contributed by atoms with Gasteiger partial charge in [0.05, 0.1) is 12.2 Å². The highest BCUT2D eigenvalue weighted by Crippen LogP contribution is 2.08. The molecule has 0 aliphatic heterocycles. The van der Waals surface area contributed by atoms with E-state index in [1.165, 1.54) is 25.9 Å². The molecule has 0 fully saturated rings. The molecule has 1 amide bonds. The van der Waals surface area contributed by atoms with Gasteiger partial charge in [0.15, 0.2) is 0 Å². The Morgan fingerprint density at radius 2 is 2.10 bits per heavy atom. The Labute approximate surface area is 116 Å². The Hall–Kier alpha value is -1.94. The van der Waals surface area contributed by atoms with Gasteiger partial charge >= 0.3 is 5.97 Å². The van der Waals surface area contributed by atoms with Crippen molar-refractivity contribution in [2.75, 3.05) is 14.1 Å². The number of carboxylic acid groups (broad SMARTS) is 1. The van der Waals surface area contributed by atoms with Crippen LogP contribution in [0.4, 0.5) is 0 Å². The average molecular weight is 304 g/mol. The van der Waals surface area contributed by atoms with Crippen molar-refractivity contribution in [1.82, 2.24) is 19.4 Å². The molecule has 1 unspecified atom stereocenters. The Morgan fingerprint density at radius 1 is 1.50 bits per heavy atom. The summed E-state index contributed by atoms with van der Waals surface area (Å²) in [5.41, 5.74) is 0. The van der Waals surface area contributed by atoms with Crippen molar-refractivity contribution >= 4 is 21.9 Å². The number of aliphatic carboxylic acids is 1. The van der Waals surface area contributed by atoms with Gasteiger partial charge in [-0.1, -0.05) is 0 Å². The van der Waals surface area contributed by atoms with E-state index < -0.39 is 34.5 Å². The van der Waals surface area contributed by atoms with Crippen LogP contribution in [-0.2, 0) is 26.2 Å². The minimum absolute atomic E-state index is 0.197. The van der Waals surface area contributed by atoms with E-state index >= 15 is 0 Å². The number of hydrogen-bond acceptors (Lipinski definition) is 5. The van der Waals surface area contributed by atoms with Crippen molar-refractivity contribution in [3.8, 4) is 0 Å². The monoisotopic (exact) mass is 304 g/mol. The molecule has 0 spiro atoms. The van der Waals surface area contributed by atoms with E-state index in [-0.39, 0.29) is 4.90 Å². The van der Waals surface area contributed by atoms with Gasteiger partial charge in [0.25, 0.3) is 0 Å². The molecule has 0 bridgehead atoms. The van der Waals surface area contributed by atoms with Crippen LogP contribution >= 0.6 is 0 Å². The molecule has 0 aromatic carbocycles. The largest absolute Gasteiger partial charge is 0.480 e. The van der Waals surface area contributed by atoms with Crippen LogP contribution in [0.3, 0.4) is 0 Å².